The molecule has 74 valence electrons. The van der Waals surface area contributed by atoms with Gasteiger partial charge in [-0.05, 0) is 38.1 Å². The number of H-pyrrole nitrogens is 1. The third kappa shape index (κ3) is 4.10. The summed E-state index contributed by atoms with van der Waals surface area (Å²) in [4.78, 5) is 5.30. The van der Waals surface area contributed by atoms with Crippen LogP contribution in [-0.2, 0) is 6.54 Å². The van der Waals surface area contributed by atoms with Crippen LogP contribution in [-0.4, -0.2) is 35.2 Å². The fourth-order valence-electron chi connectivity index (χ4n) is 1.34. The van der Waals surface area contributed by atoms with Crippen LogP contribution in [0.1, 0.15) is 18.4 Å². The van der Waals surface area contributed by atoms with Crippen molar-refractivity contribution in [3.05, 3.63) is 24.0 Å². The second-order valence-corrected chi connectivity index (χ2v) is 3.39. The molecule has 1 rings (SSSR count). The van der Waals surface area contributed by atoms with Gasteiger partial charge in [-0.25, -0.2) is 0 Å². The summed E-state index contributed by atoms with van der Waals surface area (Å²) in [6.45, 7) is 2.33. The predicted molar refractivity (Wildman–Crippen MR) is 53.4 cm³/mol. The molecule has 0 atom stereocenters. The molecular formula is C10H18N2O. The minimum absolute atomic E-state index is 0.304. The quantitative estimate of drug-likeness (QED) is 0.649. The Bertz CT molecular complexity index is 209. The third-order valence-electron chi connectivity index (χ3n) is 2.06. The first-order valence-electron chi connectivity index (χ1n) is 4.74. The van der Waals surface area contributed by atoms with Crippen molar-refractivity contribution in [2.75, 3.05) is 20.2 Å². The molecule has 0 unspecified atom stereocenters. The highest BCUT2D eigenvalue weighted by molar-refractivity contribution is 5.07. The van der Waals surface area contributed by atoms with Crippen LogP contribution in [0.4, 0.5) is 0 Å². The molecule has 1 aromatic rings. The maximum atomic E-state index is 8.61. The Hall–Kier alpha value is -0.800. The van der Waals surface area contributed by atoms with E-state index in [9.17, 15) is 0 Å². The first-order valence-corrected chi connectivity index (χ1v) is 4.74. The van der Waals surface area contributed by atoms with Gasteiger partial charge in [0.05, 0.1) is 0 Å². The molecule has 0 aliphatic carbocycles. The van der Waals surface area contributed by atoms with E-state index in [1.165, 1.54) is 5.56 Å². The Kier molecular flexibility index (Phi) is 4.57. The van der Waals surface area contributed by atoms with Gasteiger partial charge in [0.2, 0.25) is 0 Å². The van der Waals surface area contributed by atoms with Crippen LogP contribution in [0, 0.1) is 0 Å². The Morgan fingerprint density at radius 1 is 1.46 bits per heavy atom. The smallest absolute Gasteiger partial charge is 0.0431 e. The van der Waals surface area contributed by atoms with E-state index in [2.05, 4.69) is 23.0 Å². The van der Waals surface area contributed by atoms with Crippen molar-refractivity contribution in [1.29, 1.82) is 0 Å². The zero-order valence-corrected chi connectivity index (χ0v) is 8.16. The number of aliphatic hydroxyl groups is 1. The van der Waals surface area contributed by atoms with E-state index in [4.69, 9.17) is 5.11 Å². The van der Waals surface area contributed by atoms with Gasteiger partial charge in [-0.3, -0.25) is 0 Å². The topological polar surface area (TPSA) is 39.3 Å². The molecule has 0 radical (unpaired) electrons. The van der Waals surface area contributed by atoms with Crippen LogP contribution >= 0.6 is 0 Å². The first kappa shape index (κ1) is 10.3. The largest absolute Gasteiger partial charge is 0.396 e. The summed E-state index contributed by atoms with van der Waals surface area (Å²) in [6.07, 6.45) is 5.92. The molecule has 0 aliphatic heterocycles. The number of aromatic nitrogens is 1. The second kappa shape index (κ2) is 5.78. The molecule has 1 heterocycles. The number of aliphatic hydroxyl groups excluding tert-OH is 1. The summed E-state index contributed by atoms with van der Waals surface area (Å²) >= 11 is 0. The van der Waals surface area contributed by atoms with Crippen molar-refractivity contribution in [2.45, 2.75) is 19.4 Å². The summed E-state index contributed by atoms with van der Waals surface area (Å²) in [5.41, 5.74) is 1.31. The normalized spacial score (nSPS) is 11.0. The van der Waals surface area contributed by atoms with Crippen LogP contribution in [0.15, 0.2) is 18.5 Å². The Balaban J connectivity index is 2.14. The predicted octanol–water partition coefficient (Wildman–Crippen LogP) is 1.22. The van der Waals surface area contributed by atoms with Crippen molar-refractivity contribution in [3.63, 3.8) is 0 Å². The molecular weight excluding hydrogens is 164 g/mol. The molecule has 2 N–H and O–H groups in total. The molecule has 0 spiro atoms. The van der Waals surface area contributed by atoms with E-state index in [1.807, 2.05) is 12.4 Å². The molecule has 0 saturated heterocycles. The summed E-state index contributed by atoms with van der Waals surface area (Å²) in [5.74, 6) is 0. The van der Waals surface area contributed by atoms with Gasteiger partial charge >= 0.3 is 0 Å². The van der Waals surface area contributed by atoms with Crippen molar-refractivity contribution >= 4 is 0 Å². The van der Waals surface area contributed by atoms with Crippen molar-refractivity contribution in [1.82, 2.24) is 9.88 Å². The lowest BCUT2D eigenvalue weighted by Crippen LogP contribution is -2.18. The maximum absolute atomic E-state index is 8.61. The molecule has 13 heavy (non-hydrogen) atoms. The van der Waals surface area contributed by atoms with Crippen molar-refractivity contribution in [2.24, 2.45) is 0 Å². The standard InChI is InChI=1S/C10H18N2O/c1-12(6-2-3-7-13)9-10-4-5-11-8-10/h4-5,8,11,13H,2-3,6-7,9H2,1H3. The highest BCUT2D eigenvalue weighted by atomic mass is 16.2. The van der Waals surface area contributed by atoms with Crippen LogP contribution in [0.25, 0.3) is 0 Å². The summed E-state index contributed by atoms with van der Waals surface area (Å²) < 4.78 is 0. The average molecular weight is 182 g/mol. The van der Waals surface area contributed by atoms with Crippen molar-refractivity contribution < 1.29 is 5.11 Å². The van der Waals surface area contributed by atoms with Gasteiger partial charge < -0.3 is 15.0 Å². The number of hydrogen-bond acceptors (Lipinski definition) is 2. The molecule has 3 nitrogen and oxygen atoms in total. The van der Waals surface area contributed by atoms with E-state index in [0.29, 0.717) is 6.61 Å². The lowest BCUT2D eigenvalue weighted by molar-refractivity contribution is 0.261. The minimum Gasteiger partial charge on any atom is -0.396 e. The summed E-state index contributed by atoms with van der Waals surface area (Å²) in [5, 5.41) is 8.61. The van der Waals surface area contributed by atoms with E-state index in [-0.39, 0.29) is 0 Å². The van der Waals surface area contributed by atoms with E-state index < -0.39 is 0 Å². The second-order valence-electron chi connectivity index (χ2n) is 3.39. The molecule has 0 amide bonds. The molecule has 0 aliphatic rings. The van der Waals surface area contributed by atoms with Crippen LogP contribution in [0.5, 0.6) is 0 Å². The Morgan fingerprint density at radius 2 is 2.31 bits per heavy atom. The SMILES string of the molecule is CN(CCCCO)Cc1cc[nH]c1. The summed E-state index contributed by atoms with van der Waals surface area (Å²) in [7, 11) is 2.10. The third-order valence-corrected chi connectivity index (χ3v) is 2.06. The van der Waals surface area contributed by atoms with Gasteiger partial charge in [-0.1, -0.05) is 0 Å². The number of unbranched alkanes of at least 4 members (excludes halogenated alkanes) is 1. The van der Waals surface area contributed by atoms with Gasteiger partial charge in [0.1, 0.15) is 0 Å². The highest BCUT2D eigenvalue weighted by Gasteiger charge is 1.99. The van der Waals surface area contributed by atoms with Gasteiger partial charge in [-0.15, -0.1) is 0 Å². The maximum Gasteiger partial charge on any atom is 0.0431 e. The van der Waals surface area contributed by atoms with Gasteiger partial charge in [-0.2, -0.15) is 0 Å². The number of nitrogens with zero attached hydrogens (tertiary/aromatic N) is 1. The number of nitrogens with one attached hydrogen (secondary N) is 1. The summed E-state index contributed by atoms with van der Waals surface area (Å²) in [6, 6.07) is 2.09. The molecule has 0 bridgehead atoms. The number of aromatic amines is 1. The minimum atomic E-state index is 0.304. The van der Waals surface area contributed by atoms with Crippen LogP contribution in [0.2, 0.25) is 0 Å². The Morgan fingerprint density at radius 3 is 2.92 bits per heavy atom. The van der Waals surface area contributed by atoms with E-state index in [1.54, 1.807) is 0 Å². The molecule has 0 saturated carbocycles. The molecule has 3 heteroatoms. The number of hydrogen-bond donors (Lipinski definition) is 2. The number of rotatable bonds is 6. The Labute approximate surface area is 79.4 Å². The van der Waals surface area contributed by atoms with Crippen molar-refractivity contribution in [3.8, 4) is 0 Å². The van der Waals surface area contributed by atoms with Gasteiger partial charge in [0.15, 0.2) is 0 Å². The molecule has 1 aromatic heterocycles. The van der Waals surface area contributed by atoms with E-state index >= 15 is 0 Å². The zero-order chi connectivity index (χ0) is 9.52. The van der Waals surface area contributed by atoms with E-state index in [0.717, 1.165) is 25.9 Å². The average Bonchev–Trinajstić information content (AvgIpc) is 2.57. The molecule has 0 aromatic carbocycles. The highest BCUT2D eigenvalue weighted by Crippen LogP contribution is 2.02. The lowest BCUT2D eigenvalue weighted by atomic mass is 10.3. The fraction of sp³-hybridized carbons (Fsp3) is 0.600. The fourth-order valence-corrected chi connectivity index (χ4v) is 1.34. The molecule has 0 fully saturated rings. The monoisotopic (exact) mass is 182 g/mol. The van der Waals surface area contributed by atoms with Crippen LogP contribution in [0.3, 0.4) is 0 Å². The van der Waals surface area contributed by atoms with Gasteiger partial charge in [0.25, 0.3) is 0 Å². The first-order chi connectivity index (χ1) is 6.33. The van der Waals surface area contributed by atoms with Crippen LogP contribution < -0.4 is 0 Å². The van der Waals surface area contributed by atoms with Gasteiger partial charge in [0, 0.05) is 25.5 Å². The lowest BCUT2D eigenvalue weighted by Gasteiger charge is -2.14. The zero-order valence-electron chi connectivity index (χ0n) is 8.16.